The molecule has 1 aromatic heterocycles. The van der Waals surface area contributed by atoms with Crippen LogP contribution < -0.4 is 14.4 Å². The van der Waals surface area contributed by atoms with Crippen LogP contribution in [0.25, 0.3) is 0 Å². The van der Waals surface area contributed by atoms with E-state index in [1.54, 1.807) is 19.4 Å². The van der Waals surface area contributed by atoms with Crippen LogP contribution in [-0.2, 0) is 10.0 Å². The molecule has 1 fully saturated rings. The molecule has 1 aliphatic heterocycles. The topological polar surface area (TPSA) is 118 Å². The number of benzene rings is 2. The molecule has 34 heavy (non-hydrogen) atoms. The number of furan rings is 1. The lowest BCUT2D eigenvalue weighted by Crippen LogP contribution is -2.49. The highest BCUT2D eigenvalue weighted by molar-refractivity contribution is 7.89. The van der Waals surface area contributed by atoms with E-state index in [9.17, 15) is 18.5 Å². The fourth-order valence-electron chi connectivity index (χ4n) is 3.99. The maximum absolute atomic E-state index is 12.8. The molecule has 0 bridgehead atoms. The van der Waals surface area contributed by atoms with Gasteiger partial charge in [0, 0.05) is 50.5 Å². The molecular weight excluding hydrogens is 460 g/mol. The molecule has 4 rings (SSSR count). The first-order valence-corrected chi connectivity index (χ1v) is 12.3. The Morgan fingerprint density at radius 1 is 1.06 bits per heavy atom. The van der Waals surface area contributed by atoms with Crippen LogP contribution in [0.15, 0.2) is 76.2 Å². The summed E-state index contributed by atoms with van der Waals surface area (Å²) in [6.45, 7) is 3.10. The number of anilines is 1. The van der Waals surface area contributed by atoms with Gasteiger partial charge in [-0.3, -0.25) is 15.0 Å². The number of nitrogens with zero attached hydrogens (tertiary/aromatic N) is 3. The Hall–Kier alpha value is -3.41. The van der Waals surface area contributed by atoms with Gasteiger partial charge in [-0.05, 0) is 48.5 Å². The maximum atomic E-state index is 12.8. The molecule has 1 aliphatic rings. The highest BCUT2D eigenvalue weighted by Gasteiger charge is 2.29. The van der Waals surface area contributed by atoms with Crippen molar-refractivity contribution in [2.75, 3.05) is 44.7 Å². The van der Waals surface area contributed by atoms with Crippen LogP contribution in [-0.4, -0.2) is 58.1 Å². The molecule has 1 N–H and O–H groups in total. The number of methoxy groups -OCH3 is 1. The summed E-state index contributed by atoms with van der Waals surface area (Å²) in [5, 5.41) is 10.8. The van der Waals surface area contributed by atoms with Crippen molar-refractivity contribution in [3.8, 4) is 5.75 Å². The van der Waals surface area contributed by atoms with Gasteiger partial charge in [-0.25, -0.2) is 13.1 Å². The molecule has 1 saturated heterocycles. The van der Waals surface area contributed by atoms with Crippen molar-refractivity contribution in [2.24, 2.45) is 0 Å². The monoisotopic (exact) mass is 486 g/mol. The van der Waals surface area contributed by atoms with Gasteiger partial charge in [0.25, 0.3) is 5.69 Å². The molecule has 0 amide bonds. The van der Waals surface area contributed by atoms with E-state index in [0.29, 0.717) is 5.76 Å². The lowest BCUT2D eigenvalue weighted by molar-refractivity contribution is -0.384. The molecule has 3 aromatic rings. The summed E-state index contributed by atoms with van der Waals surface area (Å²) in [6, 6.07) is 16.1. The van der Waals surface area contributed by atoms with Gasteiger partial charge in [0.15, 0.2) is 0 Å². The minimum absolute atomic E-state index is 0.0272. The number of nitro benzene ring substituents is 1. The summed E-state index contributed by atoms with van der Waals surface area (Å²) in [5.74, 6) is 1.48. The van der Waals surface area contributed by atoms with Crippen LogP contribution in [0, 0.1) is 10.1 Å². The van der Waals surface area contributed by atoms with Crippen molar-refractivity contribution in [1.82, 2.24) is 9.62 Å². The van der Waals surface area contributed by atoms with Gasteiger partial charge in [0.2, 0.25) is 10.0 Å². The average molecular weight is 487 g/mol. The van der Waals surface area contributed by atoms with Gasteiger partial charge in [0.05, 0.1) is 29.2 Å². The number of hydrogen-bond acceptors (Lipinski definition) is 8. The minimum atomic E-state index is -3.85. The van der Waals surface area contributed by atoms with E-state index in [2.05, 4.69) is 14.5 Å². The SMILES string of the molecule is COc1ccc(N2CCN([C@H](CNS(=O)(=O)c3ccc([N+](=O)[O-])cc3)c3ccco3)CC2)cc1. The summed E-state index contributed by atoms with van der Waals surface area (Å²) < 4.78 is 39.1. The predicted molar refractivity (Wildman–Crippen MR) is 127 cm³/mol. The van der Waals surface area contributed by atoms with Crippen molar-refractivity contribution >= 4 is 21.4 Å². The van der Waals surface area contributed by atoms with Gasteiger partial charge < -0.3 is 14.1 Å². The molecule has 0 unspecified atom stereocenters. The standard InChI is InChI=1S/C23H26N4O6S/c1-32-20-8-4-18(5-9-20)25-12-14-26(15-13-25)22(23-3-2-16-33-23)17-24-34(30,31)21-10-6-19(7-11-21)27(28)29/h2-11,16,22,24H,12-15,17H2,1H3/t22-/m1/s1. The first kappa shape index (κ1) is 23.7. The quantitative estimate of drug-likeness (QED) is 0.362. The lowest BCUT2D eigenvalue weighted by Gasteiger charge is -2.39. The molecule has 10 nitrogen and oxygen atoms in total. The van der Waals surface area contributed by atoms with Crippen LogP contribution in [0.5, 0.6) is 5.75 Å². The largest absolute Gasteiger partial charge is 0.497 e. The zero-order valence-corrected chi connectivity index (χ0v) is 19.5. The Morgan fingerprint density at radius 3 is 2.29 bits per heavy atom. The third-order valence-corrected chi connectivity index (χ3v) is 7.33. The van der Waals surface area contributed by atoms with E-state index >= 15 is 0 Å². The number of nitro groups is 1. The Bertz CT molecular complexity index is 1190. The fourth-order valence-corrected chi connectivity index (χ4v) is 5.03. The van der Waals surface area contributed by atoms with E-state index in [-0.39, 0.29) is 23.2 Å². The number of hydrogen-bond donors (Lipinski definition) is 1. The number of non-ortho nitro benzene ring substituents is 1. The van der Waals surface area contributed by atoms with Crippen LogP contribution in [0.4, 0.5) is 11.4 Å². The minimum Gasteiger partial charge on any atom is -0.497 e. The number of rotatable bonds is 9. The molecule has 2 heterocycles. The van der Waals surface area contributed by atoms with Gasteiger partial charge in [-0.15, -0.1) is 0 Å². The van der Waals surface area contributed by atoms with E-state index in [1.165, 1.54) is 24.3 Å². The molecular formula is C23H26N4O6S. The second kappa shape index (κ2) is 10.2. The fraction of sp³-hybridized carbons (Fsp3) is 0.304. The van der Waals surface area contributed by atoms with Crippen molar-refractivity contribution < 1.29 is 22.5 Å². The van der Waals surface area contributed by atoms with Crippen molar-refractivity contribution in [2.45, 2.75) is 10.9 Å². The molecule has 0 radical (unpaired) electrons. The average Bonchev–Trinajstić information content (AvgIpc) is 3.39. The first-order chi connectivity index (χ1) is 16.4. The van der Waals surface area contributed by atoms with Crippen LogP contribution in [0.3, 0.4) is 0 Å². The Balaban J connectivity index is 1.43. The normalized spacial score (nSPS) is 15.7. The van der Waals surface area contributed by atoms with Gasteiger partial charge in [0.1, 0.15) is 11.5 Å². The lowest BCUT2D eigenvalue weighted by atomic mass is 10.1. The summed E-state index contributed by atoms with van der Waals surface area (Å²) in [7, 11) is -2.21. The van der Waals surface area contributed by atoms with E-state index in [0.717, 1.165) is 37.6 Å². The Morgan fingerprint density at radius 2 is 1.74 bits per heavy atom. The predicted octanol–water partition coefficient (Wildman–Crippen LogP) is 3.04. The van der Waals surface area contributed by atoms with Crippen LogP contribution in [0.2, 0.25) is 0 Å². The van der Waals surface area contributed by atoms with Crippen LogP contribution in [0.1, 0.15) is 11.8 Å². The molecule has 180 valence electrons. The zero-order valence-electron chi connectivity index (χ0n) is 18.7. The van der Waals surface area contributed by atoms with Gasteiger partial charge >= 0.3 is 0 Å². The zero-order chi connectivity index (χ0) is 24.1. The van der Waals surface area contributed by atoms with Crippen molar-refractivity contribution in [3.63, 3.8) is 0 Å². The van der Waals surface area contributed by atoms with E-state index < -0.39 is 14.9 Å². The molecule has 0 spiro atoms. The molecule has 1 atom stereocenters. The third-order valence-electron chi connectivity index (χ3n) is 5.89. The van der Waals surface area contributed by atoms with Gasteiger partial charge in [-0.2, -0.15) is 0 Å². The third kappa shape index (κ3) is 5.38. The Kier molecular flexibility index (Phi) is 7.15. The molecule has 0 saturated carbocycles. The maximum Gasteiger partial charge on any atom is 0.269 e. The summed E-state index contributed by atoms with van der Waals surface area (Å²) in [6.07, 6.45) is 1.57. The second-order valence-corrected chi connectivity index (χ2v) is 9.62. The molecule has 0 aliphatic carbocycles. The van der Waals surface area contributed by atoms with Gasteiger partial charge in [-0.1, -0.05) is 0 Å². The molecule has 11 heteroatoms. The smallest absolute Gasteiger partial charge is 0.269 e. The van der Waals surface area contributed by atoms with Crippen molar-refractivity contribution in [3.05, 3.63) is 82.8 Å². The number of piperazine rings is 1. The first-order valence-electron chi connectivity index (χ1n) is 10.8. The highest BCUT2D eigenvalue weighted by atomic mass is 32.2. The second-order valence-electron chi connectivity index (χ2n) is 7.86. The molecule has 2 aromatic carbocycles. The highest BCUT2D eigenvalue weighted by Crippen LogP contribution is 2.26. The van der Waals surface area contributed by atoms with E-state index in [4.69, 9.17) is 9.15 Å². The number of nitrogens with one attached hydrogen (secondary N) is 1. The summed E-state index contributed by atoms with van der Waals surface area (Å²) >= 11 is 0. The van der Waals surface area contributed by atoms with Crippen LogP contribution >= 0.6 is 0 Å². The Labute approximate surface area is 197 Å². The summed E-state index contributed by atoms with van der Waals surface area (Å²) in [5.41, 5.74) is 0.941. The van der Waals surface area contributed by atoms with Crippen molar-refractivity contribution in [1.29, 1.82) is 0 Å². The number of sulfonamides is 1. The summed E-state index contributed by atoms with van der Waals surface area (Å²) in [4.78, 5) is 14.7. The number of ether oxygens (including phenoxy) is 1. The van der Waals surface area contributed by atoms with E-state index in [1.807, 2.05) is 30.3 Å².